The van der Waals surface area contributed by atoms with E-state index in [9.17, 15) is 0 Å². The molecule has 1 fully saturated rings. The highest BCUT2D eigenvalue weighted by Gasteiger charge is 2.36. The number of nitrogens with zero attached hydrogens (tertiary/aromatic N) is 1. The molecular formula is C13H18Cl2N2. The van der Waals surface area contributed by atoms with Gasteiger partial charge in [-0.2, -0.15) is 0 Å². The predicted molar refractivity (Wildman–Crippen MR) is 73.6 cm³/mol. The second kappa shape index (κ2) is 5.15. The molecule has 0 aliphatic carbocycles. The zero-order valence-corrected chi connectivity index (χ0v) is 11.7. The molecule has 0 aromatic heterocycles. The third-order valence-electron chi connectivity index (χ3n) is 3.44. The number of rotatable bonds is 2. The van der Waals surface area contributed by atoms with Crippen LogP contribution in [0.15, 0.2) is 18.2 Å². The smallest absolute Gasteiger partial charge is 0.0531 e. The number of likely N-dealkylation sites (tertiary alicyclic amines) is 1. The van der Waals surface area contributed by atoms with Gasteiger partial charge in [0.1, 0.15) is 0 Å². The number of nitrogens with two attached hydrogens (primary N) is 1. The van der Waals surface area contributed by atoms with E-state index in [0.29, 0.717) is 16.1 Å². The molecule has 1 heterocycles. The van der Waals surface area contributed by atoms with Crippen LogP contribution in [-0.2, 0) is 0 Å². The molecular weight excluding hydrogens is 255 g/mol. The van der Waals surface area contributed by atoms with Crippen LogP contribution < -0.4 is 5.73 Å². The molecule has 0 amide bonds. The molecule has 2 atom stereocenters. The lowest BCUT2D eigenvalue weighted by Gasteiger charge is -2.31. The maximum atomic E-state index is 6.28. The minimum absolute atomic E-state index is 0.106. The van der Waals surface area contributed by atoms with Crippen molar-refractivity contribution in [1.82, 2.24) is 4.90 Å². The van der Waals surface area contributed by atoms with Gasteiger partial charge >= 0.3 is 0 Å². The predicted octanol–water partition coefficient (Wildman–Crippen LogP) is 3.48. The van der Waals surface area contributed by atoms with Crippen molar-refractivity contribution in [2.45, 2.75) is 38.4 Å². The molecule has 94 valence electrons. The van der Waals surface area contributed by atoms with Crippen molar-refractivity contribution in [1.29, 1.82) is 0 Å². The van der Waals surface area contributed by atoms with Gasteiger partial charge in [0.05, 0.1) is 6.04 Å². The first kappa shape index (κ1) is 13.2. The van der Waals surface area contributed by atoms with E-state index in [2.05, 4.69) is 18.7 Å². The first-order chi connectivity index (χ1) is 8.02. The molecule has 0 spiro atoms. The van der Waals surface area contributed by atoms with Crippen LogP contribution in [0.3, 0.4) is 0 Å². The van der Waals surface area contributed by atoms with E-state index in [-0.39, 0.29) is 12.1 Å². The molecule has 1 aliphatic rings. The Bertz CT molecular complexity index is 386. The van der Waals surface area contributed by atoms with Crippen LogP contribution >= 0.6 is 23.2 Å². The minimum atomic E-state index is 0.106. The molecule has 2 N–H and O–H groups in total. The van der Waals surface area contributed by atoms with Crippen LogP contribution in [0.5, 0.6) is 0 Å². The van der Waals surface area contributed by atoms with E-state index in [4.69, 9.17) is 28.9 Å². The van der Waals surface area contributed by atoms with Crippen molar-refractivity contribution in [3.05, 3.63) is 33.8 Å². The van der Waals surface area contributed by atoms with E-state index in [0.717, 1.165) is 18.5 Å². The third-order valence-corrected chi connectivity index (χ3v) is 4.10. The van der Waals surface area contributed by atoms with Gasteiger partial charge in [0.25, 0.3) is 0 Å². The van der Waals surface area contributed by atoms with Crippen molar-refractivity contribution in [2.24, 2.45) is 5.73 Å². The Hall–Kier alpha value is -0.280. The zero-order valence-electron chi connectivity index (χ0n) is 10.2. The number of benzene rings is 1. The Balaban J connectivity index is 2.43. The fourth-order valence-corrected chi connectivity index (χ4v) is 3.21. The van der Waals surface area contributed by atoms with Crippen molar-refractivity contribution in [3.8, 4) is 0 Å². The lowest BCUT2D eigenvalue weighted by atomic mass is 10.00. The summed E-state index contributed by atoms with van der Waals surface area (Å²) in [5.74, 6) is 0. The number of halogens is 2. The molecule has 2 unspecified atom stereocenters. The summed E-state index contributed by atoms with van der Waals surface area (Å²) in [4.78, 5) is 2.37. The summed E-state index contributed by atoms with van der Waals surface area (Å²) in [5.41, 5.74) is 7.20. The maximum absolute atomic E-state index is 6.28. The van der Waals surface area contributed by atoms with E-state index in [1.165, 1.54) is 0 Å². The molecule has 4 heteroatoms. The summed E-state index contributed by atoms with van der Waals surface area (Å²) in [6.07, 6.45) is 0.990. The molecule has 1 aromatic rings. The molecule has 0 bridgehead atoms. The van der Waals surface area contributed by atoms with Crippen molar-refractivity contribution >= 4 is 23.2 Å². The summed E-state index contributed by atoms with van der Waals surface area (Å²) in [5, 5.41) is 1.43. The average Bonchev–Trinajstić information content (AvgIpc) is 2.61. The monoisotopic (exact) mass is 272 g/mol. The topological polar surface area (TPSA) is 29.3 Å². The average molecular weight is 273 g/mol. The lowest BCUT2D eigenvalue weighted by Crippen LogP contribution is -2.36. The molecule has 2 rings (SSSR count). The van der Waals surface area contributed by atoms with Crippen molar-refractivity contribution in [3.63, 3.8) is 0 Å². The van der Waals surface area contributed by atoms with Crippen LogP contribution in [0, 0.1) is 0 Å². The second-order valence-corrected chi connectivity index (χ2v) is 5.68. The van der Waals surface area contributed by atoms with Gasteiger partial charge in [0, 0.05) is 34.2 Å². The highest BCUT2D eigenvalue weighted by atomic mass is 35.5. The molecule has 1 aliphatic heterocycles. The van der Waals surface area contributed by atoms with Crippen LogP contribution in [0.25, 0.3) is 0 Å². The molecule has 2 nitrogen and oxygen atoms in total. The van der Waals surface area contributed by atoms with Gasteiger partial charge in [-0.1, -0.05) is 29.3 Å². The molecule has 17 heavy (non-hydrogen) atoms. The Morgan fingerprint density at radius 2 is 1.88 bits per heavy atom. The zero-order chi connectivity index (χ0) is 12.6. The SMILES string of the molecule is CC(C)N1CCC(N)C1c1c(Cl)cccc1Cl. The lowest BCUT2D eigenvalue weighted by molar-refractivity contribution is 0.198. The first-order valence-electron chi connectivity index (χ1n) is 5.97. The fraction of sp³-hybridized carbons (Fsp3) is 0.538. The van der Waals surface area contributed by atoms with E-state index < -0.39 is 0 Å². The largest absolute Gasteiger partial charge is 0.326 e. The fourth-order valence-electron chi connectivity index (χ4n) is 2.59. The van der Waals surface area contributed by atoms with Gasteiger partial charge < -0.3 is 5.73 Å². The van der Waals surface area contributed by atoms with Crippen molar-refractivity contribution < 1.29 is 0 Å². The third kappa shape index (κ3) is 2.45. The van der Waals surface area contributed by atoms with Crippen LogP contribution in [0.2, 0.25) is 10.0 Å². The van der Waals surface area contributed by atoms with Crippen LogP contribution in [0.4, 0.5) is 0 Å². The van der Waals surface area contributed by atoms with Gasteiger partial charge in [-0.15, -0.1) is 0 Å². The Kier molecular flexibility index (Phi) is 3.99. The summed E-state index contributed by atoms with van der Waals surface area (Å²) in [6.45, 7) is 5.36. The van der Waals surface area contributed by atoms with Crippen molar-refractivity contribution in [2.75, 3.05) is 6.54 Å². The normalized spacial score (nSPS) is 25.8. The number of hydrogen-bond donors (Lipinski definition) is 1. The van der Waals surface area contributed by atoms with E-state index in [1.807, 2.05) is 18.2 Å². The van der Waals surface area contributed by atoms with E-state index in [1.54, 1.807) is 0 Å². The van der Waals surface area contributed by atoms with Crippen LogP contribution in [-0.4, -0.2) is 23.5 Å². The van der Waals surface area contributed by atoms with Gasteiger partial charge in [-0.25, -0.2) is 0 Å². The summed E-state index contributed by atoms with van der Waals surface area (Å²) < 4.78 is 0. The summed E-state index contributed by atoms with van der Waals surface area (Å²) in [7, 11) is 0. The van der Waals surface area contributed by atoms with Gasteiger partial charge in [-0.3, -0.25) is 4.90 Å². The maximum Gasteiger partial charge on any atom is 0.0531 e. The quantitative estimate of drug-likeness (QED) is 0.893. The Morgan fingerprint density at radius 1 is 1.29 bits per heavy atom. The van der Waals surface area contributed by atoms with Crippen LogP contribution in [0.1, 0.15) is 31.9 Å². The molecule has 0 radical (unpaired) electrons. The molecule has 1 aromatic carbocycles. The van der Waals surface area contributed by atoms with Gasteiger partial charge in [0.2, 0.25) is 0 Å². The van der Waals surface area contributed by atoms with Gasteiger partial charge in [-0.05, 0) is 32.4 Å². The first-order valence-corrected chi connectivity index (χ1v) is 6.73. The molecule has 1 saturated heterocycles. The summed E-state index contributed by atoms with van der Waals surface area (Å²) in [6, 6.07) is 6.32. The standard InChI is InChI=1S/C13H18Cl2N2/c1-8(2)17-7-6-11(16)13(17)12-9(14)4-3-5-10(12)15/h3-5,8,11,13H,6-7,16H2,1-2H3. The summed E-state index contributed by atoms with van der Waals surface area (Å²) >= 11 is 12.6. The minimum Gasteiger partial charge on any atom is -0.326 e. The Labute approximate surface area is 113 Å². The number of hydrogen-bond acceptors (Lipinski definition) is 2. The molecule has 0 saturated carbocycles. The Morgan fingerprint density at radius 3 is 2.41 bits per heavy atom. The van der Waals surface area contributed by atoms with E-state index >= 15 is 0 Å². The highest BCUT2D eigenvalue weighted by molar-refractivity contribution is 6.36. The highest BCUT2D eigenvalue weighted by Crippen LogP contribution is 2.40. The van der Waals surface area contributed by atoms with Gasteiger partial charge in [0.15, 0.2) is 0 Å². The second-order valence-electron chi connectivity index (χ2n) is 4.86.